The fourth-order valence-electron chi connectivity index (χ4n) is 2.68. The number of aryl methyl sites for hydroxylation is 1. The smallest absolute Gasteiger partial charge is 0.123 e. The summed E-state index contributed by atoms with van der Waals surface area (Å²) in [7, 11) is 1.67. The number of para-hydroxylation sites is 1. The minimum Gasteiger partial charge on any atom is -0.496 e. The topological polar surface area (TPSA) is 44.5 Å². The lowest BCUT2D eigenvalue weighted by molar-refractivity contribution is 0.288. The third-order valence-electron chi connectivity index (χ3n) is 3.77. The number of nitrogens with two attached hydrogens (primary N) is 1. The van der Waals surface area contributed by atoms with Crippen molar-refractivity contribution in [2.24, 2.45) is 5.73 Å². The third kappa shape index (κ3) is 2.37. The zero-order chi connectivity index (χ0) is 13.9. The molecule has 1 unspecified atom stereocenters. The standard InChI is InChI=1S/C17H19NO2/c1-19-16-7-3-2-6-14(16)17(18)13-8-9-15-12(11-13)5-4-10-20-15/h2-3,6-9,11,17H,4-5,10,18H2,1H3. The van der Waals surface area contributed by atoms with Crippen LogP contribution in [0.2, 0.25) is 0 Å². The number of fused-ring (bicyclic) bond motifs is 1. The molecule has 0 amide bonds. The van der Waals surface area contributed by atoms with Gasteiger partial charge in [0.1, 0.15) is 11.5 Å². The normalized spacial score (nSPS) is 15.1. The highest BCUT2D eigenvalue weighted by Gasteiger charge is 2.17. The van der Waals surface area contributed by atoms with Gasteiger partial charge in [0.2, 0.25) is 0 Å². The predicted octanol–water partition coefficient (Wildman–Crippen LogP) is 3.07. The first-order chi connectivity index (χ1) is 9.79. The van der Waals surface area contributed by atoms with Crippen LogP contribution in [0.5, 0.6) is 11.5 Å². The van der Waals surface area contributed by atoms with Crippen LogP contribution in [-0.4, -0.2) is 13.7 Å². The van der Waals surface area contributed by atoms with Crippen LogP contribution in [0.1, 0.15) is 29.2 Å². The van der Waals surface area contributed by atoms with E-state index < -0.39 is 0 Å². The minimum atomic E-state index is -0.182. The molecule has 20 heavy (non-hydrogen) atoms. The van der Waals surface area contributed by atoms with Gasteiger partial charge in [0, 0.05) is 5.56 Å². The lowest BCUT2D eigenvalue weighted by atomic mass is 9.95. The van der Waals surface area contributed by atoms with Crippen LogP contribution in [0, 0.1) is 0 Å². The maximum atomic E-state index is 6.41. The Morgan fingerprint density at radius 2 is 2.05 bits per heavy atom. The minimum absolute atomic E-state index is 0.182. The van der Waals surface area contributed by atoms with Crippen LogP contribution in [-0.2, 0) is 6.42 Å². The van der Waals surface area contributed by atoms with Crippen molar-refractivity contribution in [3.63, 3.8) is 0 Å². The molecule has 0 spiro atoms. The maximum absolute atomic E-state index is 6.41. The van der Waals surface area contributed by atoms with Gasteiger partial charge in [-0.1, -0.05) is 30.3 Å². The average Bonchev–Trinajstić information content (AvgIpc) is 2.53. The number of benzene rings is 2. The summed E-state index contributed by atoms with van der Waals surface area (Å²) in [5.41, 5.74) is 9.76. The van der Waals surface area contributed by atoms with Crippen molar-refractivity contribution in [1.29, 1.82) is 0 Å². The SMILES string of the molecule is COc1ccccc1C(N)c1ccc2c(c1)CCCO2. The van der Waals surface area contributed by atoms with Crippen LogP contribution >= 0.6 is 0 Å². The molecule has 1 aliphatic heterocycles. The molecule has 1 heterocycles. The van der Waals surface area contributed by atoms with E-state index in [1.165, 1.54) is 5.56 Å². The Bertz CT molecular complexity index is 610. The number of methoxy groups -OCH3 is 1. The second kappa shape index (κ2) is 5.55. The van der Waals surface area contributed by atoms with Crippen LogP contribution in [0.3, 0.4) is 0 Å². The molecule has 0 radical (unpaired) electrons. The lowest BCUT2D eigenvalue weighted by Gasteiger charge is -2.21. The monoisotopic (exact) mass is 269 g/mol. The van der Waals surface area contributed by atoms with E-state index in [0.717, 1.165) is 42.1 Å². The highest BCUT2D eigenvalue weighted by Crippen LogP contribution is 2.32. The number of hydrogen-bond donors (Lipinski definition) is 1. The van der Waals surface area contributed by atoms with Gasteiger partial charge in [-0.2, -0.15) is 0 Å². The number of hydrogen-bond acceptors (Lipinski definition) is 3. The summed E-state index contributed by atoms with van der Waals surface area (Å²) in [6, 6.07) is 13.9. The number of rotatable bonds is 3. The molecular formula is C17H19NO2. The van der Waals surface area contributed by atoms with E-state index >= 15 is 0 Å². The first-order valence-corrected chi connectivity index (χ1v) is 6.93. The maximum Gasteiger partial charge on any atom is 0.123 e. The van der Waals surface area contributed by atoms with Gasteiger partial charge in [-0.15, -0.1) is 0 Å². The van der Waals surface area contributed by atoms with Gasteiger partial charge in [0.15, 0.2) is 0 Å². The highest BCUT2D eigenvalue weighted by atomic mass is 16.5. The van der Waals surface area contributed by atoms with Gasteiger partial charge >= 0.3 is 0 Å². The van der Waals surface area contributed by atoms with Crippen LogP contribution in [0.25, 0.3) is 0 Å². The molecule has 3 heteroatoms. The van der Waals surface area contributed by atoms with Crippen LogP contribution < -0.4 is 15.2 Å². The molecule has 0 aliphatic carbocycles. The lowest BCUT2D eigenvalue weighted by Crippen LogP contribution is -2.15. The molecule has 104 valence electrons. The van der Waals surface area contributed by atoms with Gasteiger partial charge in [0.05, 0.1) is 19.8 Å². The highest BCUT2D eigenvalue weighted by molar-refractivity contribution is 5.45. The molecule has 3 rings (SSSR count). The Morgan fingerprint density at radius 3 is 2.90 bits per heavy atom. The Morgan fingerprint density at radius 1 is 1.20 bits per heavy atom. The first kappa shape index (κ1) is 13.0. The quantitative estimate of drug-likeness (QED) is 0.931. The number of ether oxygens (including phenoxy) is 2. The van der Waals surface area contributed by atoms with Crippen LogP contribution in [0.15, 0.2) is 42.5 Å². The second-order valence-electron chi connectivity index (χ2n) is 5.04. The van der Waals surface area contributed by atoms with Crippen molar-refractivity contribution in [3.05, 3.63) is 59.2 Å². The molecule has 0 aromatic heterocycles. The van der Waals surface area contributed by atoms with E-state index in [-0.39, 0.29) is 6.04 Å². The van der Waals surface area contributed by atoms with Crippen molar-refractivity contribution in [1.82, 2.24) is 0 Å². The fraction of sp³-hybridized carbons (Fsp3) is 0.294. The van der Waals surface area contributed by atoms with E-state index in [9.17, 15) is 0 Å². The molecular weight excluding hydrogens is 250 g/mol. The summed E-state index contributed by atoms with van der Waals surface area (Å²) < 4.78 is 11.0. The zero-order valence-corrected chi connectivity index (χ0v) is 11.6. The summed E-state index contributed by atoms with van der Waals surface area (Å²) in [5.74, 6) is 1.82. The zero-order valence-electron chi connectivity index (χ0n) is 11.6. The van der Waals surface area contributed by atoms with E-state index in [2.05, 4.69) is 6.07 Å². The van der Waals surface area contributed by atoms with E-state index in [4.69, 9.17) is 15.2 Å². The van der Waals surface area contributed by atoms with Crippen molar-refractivity contribution >= 4 is 0 Å². The first-order valence-electron chi connectivity index (χ1n) is 6.93. The summed E-state index contributed by atoms with van der Waals surface area (Å²) in [5, 5.41) is 0. The molecule has 2 aromatic carbocycles. The van der Waals surface area contributed by atoms with Crippen molar-refractivity contribution in [2.75, 3.05) is 13.7 Å². The van der Waals surface area contributed by atoms with E-state index in [1.54, 1.807) is 7.11 Å². The van der Waals surface area contributed by atoms with Crippen molar-refractivity contribution in [3.8, 4) is 11.5 Å². The third-order valence-corrected chi connectivity index (χ3v) is 3.77. The largest absolute Gasteiger partial charge is 0.496 e. The molecule has 0 fully saturated rings. The summed E-state index contributed by atoms with van der Waals surface area (Å²) in [4.78, 5) is 0. The molecule has 1 atom stereocenters. The van der Waals surface area contributed by atoms with E-state index in [0.29, 0.717) is 0 Å². The molecule has 2 aromatic rings. The molecule has 0 bridgehead atoms. The Hall–Kier alpha value is -2.00. The van der Waals surface area contributed by atoms with Gasteiger partial charge in [-0.3, -0.25) is 0 Å². The molecule has 0 saturated carbocycles. The summed E-state index contributed by atoms with van der Waals surface area (Å²) in [6.45, 7) is 0.810. The molecule has 1 aliphatic rings. The summed E-state index contributed by atoms with van der Waals surface area (Å²) in [6.07, 6.45) is 2.13. The molecule has 2 N–H and O–H groups in total. The summed E-state index contributed by atoms with van der Waals surface area (Å²) >= 11 is 0. The van der Waals surface area contributed by atoms with Gasteiger partial charge in [0.25, 0.3) is 0 Å². The van der Waals surface area contributed by atoms with E-state index in [1.807, 2.05) is 36.4 Å². The van der Waals surface area contributed by atoms with Crippen LogP contribution in [0.4, 0.5) is 0 Å². The second-order valence-corrected chi connectivity index (χ2v) is 5.04. The predicted molar refractivity (Wildman–Crippen MR) is 79.3 cm³/mol. The van der Waals surface area contributed by atoms with Gasteiger partial charge in [-0.25, -0.2) is 0 Å². The molecule has 3 nitrogen and oxygen atoms in total. The van der Waals surface area contributed by atoms with Crippen molar-refractivity contribution in [2.45, 2.75) is 18.9 Å². The van der Waals surface area contributed by atoms with Gasteiger partial charge < -0.3 is 15.2 Å². The van der Waals surface area contributed by atoms with Gasteiger partial charge in [-0.05, 0) is 36.1 Å². The molecule has 0 saturated heterocycles. The Labute approximate surface area is 119 Å². The average molecular weight is 269 g/mol. The van der Waals surface area contributed by atoms with Crippen molar-refractivity contribution < 1.29 is 9.47 Å². The Kier molecular flexibility index (Phi) is 3.61. The Balaban J connectivity index is 1.96. The fourth-order valence-corrected chi connectivity index (χ4v) is 2.68.